The summed E-state index contributed by atoms with van der Waals surface area (Å²) in [6.45, 7) is 1.82. The summed E-state index contributed by atoms with van der Waals surface area (Å²) in [6, 6.07) is 8.90. The number of hydrogen-bond donors (Lipinski definition) is 2. The van der Waals surface area contributed by atoms with Crippen molar-refractivity contribution in [3.05, 3.63) is 47.3 Å². The van der Waals surface area contributed by atoms with E-state index >= 15 is 0 Å². The highest BCUT2D eigenvalue weighted by Crippen LogP contribution is 2.14. The van der Waals surface area contributed by atoms with Crippen molar-refractivity contribution in [3.63, 3.8) is 0 Å². The molecule has 0 saturated heterocycles. The topological polar surface area (TPSA) is 84.2 Å². The first kappa shape index (κ1) is 14.8. The molecule has 0 radical (unpaired) electrons. The molecule has 1 aromatic carbocycles. The van der Waals surface area contributed by atoms with E-state index in [9.17, 15) is 9.59 Å². The van der Waals surface area contributed by atoms with Crippen LogP contribution >= 0.6 is 0 Å². The fourth-order valence-electron chi connectivity index (χ4n) is 2.07. The Balaban J connectivity index is 2.09. The van der Waals surface area contributed by atoms with E-state index in [0.29, 0.717) is 17.8 Å². The van der Waals surface area contributed by atoms with Crippen LogP contribution in [0, 0.1) is 6.92 Å². The second-order valence-corrected chi connectivity index (χ2v) is 4.84. The summed E-state index contributed by atoms with van der Waals surface area (Å²) in [7, 11) is 1.71. The van der Waals surface area contributed by atoms with E-state index in [2.05, 4.69) is 10.4 Å². The molecule has 0 bridgehead atoms. The minimum absolute atomic E-state index is 0.0678. The maximum absolute atomic E-state index is 12.2. The van der Waals surface area contributed by atoms with Crippen LogP contribution in [0.15, 0.2) is 30.3 Å². The molecule has 2 aromatic rings. The predicted molar refractivity (Wildman–Crippen MR) is 78.3 cm³/mol. The Morgan fingerprint density at radius 1 is 1.33 bits per heavy atom. The van der Waals surface area contributed by atoms with Crippen LogP contribution in [0.2, 0.25) is 0 Å². The zero-order valence-corrected chi connectivity index (χ0v) is 12.0. The van der Waals surface area contributed by atoms with Crippen LogP contribution in [-0.4, -0.2) is 26.8 Å². The van der Waals surface area contributed by atoms with Gasteiger partial charge in [0.25, 0.3) is 5.91 Å². The van der Waals surface area contributed by atoms with E-state index in [0.717, 1.165) is 11.3 Å². The monoisotopic (exact) mass is 287 g/mol. The minimum atomic E-state index is -0.838. The first-order valence-corrected chi connectivity index (χ1v) is 6.58. The van der Waals surface area contributed by atoms with Gasteiger partial charge in [-0.15, -0.1) is 0 Å². The average molecular weight is 287 g/mol. The second kappa shape index (κ2) is 6.21. The molecule has 0 unspecified atom stereocenters. The van der Waals surface area contributed by atoms with Crippen LogP contribution in [-0.2, 0) is 18.3 Å². The molecule has 0 aliphatic rings. The zero-order valence-electron chi connectivity index (χ0n) is 12.0. The Labute approximate surface area is 122 Å². The van der Waals surface area contributed by atoms with Gasteiger partial charge in [-0.1, -0.05) is 12.1 Å². The molecule has 6 nitrogen and oxygen atoms in total. The van der Waals surface area contributed by atoms with Gasteiger partial charge in [-0.25, -0.2) is 0 Å². The lowest BCUT2D eigenvalue weighted by molar-refractivity contribution is -0.136. The number of nitrogens with one attached hydrogen (secondary N) is 1. The summed E-state index contributed by atoms with van der Waals surface area (Å²) < 4.78 is 1.53. The van der Waals surface area contributed by atoms with E-state index in [-0.39, 0.29) is 12.3 Å². The van der Waals surface area contributed by atoms with Gasteiger partial charge in [0, 0.05) is 19.2 Å². The molecule has 0 atom stereocenters. The molecule has 0 aliphatic heterocycles. The Morgan fingerprint density at radius 3 is 2.71 bits per heavy atom. The molecule has 21 heavy (non-hydrogen) atoms. The van der Waals surface area contributed by atoms with E-state index in [4.69, 9.17) is 5.11 Å². The van der Waals surface area contributed by atoms with Crippen LogP contribution in [0.3, 0.4) is 0 Å². The highest BCUT2D eigenvalue weighted by Gasteiger charge is 2.12. The number of aromatic nitrogens is 2. The number of benzene rings is 1. The van der Waals surface area contributed by atoms with Crippen molar-refractivity contribution in [2.24, 2.45) is 7.05 Å². The highest BCUT2D eigenvalue weighted by molar-refractivity contribution is 6.03. The van der Waals surface area contributed by atoms with Crippen molar-refractivity contribution in [2.75, 3.05) is 5.32 Å². The van der Waals surface area contributed by atoms with Gasteiger partial charge in [-0.3, -0.25) is 14.3 Å². The molecule has 1 heterocycles. The molecule has 2 rings (SSSR count). The molecule has 1 aromatic heterocycles. The van der Waals surface area contributed by atoms with Crippen molar-refractivity contribution >= 4 is 17.6 Å². The number of anilines is 1. The molecule has 0 saturated carbocycles. The van der Waals surface area contributed by atoms with E-state index in [1.54, 1.807) is 31.3 Å². The van der Waals surface area contributed by atoms with Gasteiger partial charge in [0.1, 0.15) is 5.69 Å². The number of hydrogen-bond acceptors (Lipinski definition) is 3. The molecule has 2 N–H and O–H groups in total. The number of carboxylic acids is 1. The summed E-state index contributed by atoms with van der Waals surface area (Å²) in [5.41, 5.74) is 2.76. The molecule has 0 aliphatic carbocycles. The Morgan fingerprint density at radius 2 is 2.10 bits per heavy atom. The van der Waals surface area contributed by atoms with Crippen LogP contribution in [0.5, 0.6) is 0 Å². The lowest BCUT2D eigenvalue weighted by Gasteiger charge is -2.07. The number of carboxylic acid groups (broad SMARTS) is 1. The number of amides is 1. The van der Waals surface area contributed by atoms with Crippen molar-refractivity contribution < 1.29 is 14.7 Å². The van der Waals surface area contributed by atoms with E-state index in [1.165, 1.54) is 4.68 Å². The standard InChI is InChI=1S/C15H17N3O3/c1-10-8-13(18(2)17-10)15(21)16-12-5-3-4-11(9-12)6-7-14(19)20/h3-5,8-9H,6-7H2,1-2H3,(H,16,21)(H,19,20). The molecule has 1 amide bonds. The quantitative estimate of drug-likeness (QED) is 0.881. The van der Waals surface area contributed by atoms with Gasteiger partial charge in [0.05, 0.1) is 5.69 Å². The normalized spacial score (nSPS) is 10.4. The van der Waals surface area contributed by atoms with E-state index < -0.39 is 5.97 Å². The largest absolute Gasteiger partial charge is 0.481 e. The Bertz CT molecular complexity index is 677. The maximum atomic E-state index is 12.2. The third-order valence-corrected chi connectivity index (χ3v) is 3.05. The molecular formula is C15H17N3O3. The highest BCUT2D eigenvalue weighted by atomic mass is 16.4. The molecule has 0 spiro atoms. The van der Waals surface area contributed by atoms with Crippen LogP contribution < -0.4 is 5.32 Å². The third kappa shape index (κ3) is 3.92. The summed E-state index contributed by atoms with van der Waals surface area (Å²) in [5, 5.41) is 15.6. The van der Waals surface area contributed by atoms with Crippen LogP contribution in [0.4, 0.5) is 5.69 Å². The van der Waals surface area contributed by atoms with Gasteiger partial charge in [-0.2, -0.15) is 5.10 Å². The van der Waals surface area contributed by atoms with Crippen molar-refractivity contribution in [1.29, 1.82) is 0 Å². The van der Waals surface area contributed by atoms with E-state index in [1.807, 2.05) is 13.0 Å². The van der Waals surface area contributed by atoms with Crippen LogP contribution in [0.1, 0.15) is 28.2 Å². The zero-order chi connectivity index (χ0) is 15.4. The van der Waals surface area contributed by atoms with Crippen LogP contribution in [0.25, 0.3) is 0 Å². The number of aliphatic carboxylic acids is 1. The lowest BCUT2D eigenvalue weighted by Crippen LogP contribution is -2.16. The first-order chi connectivity index (χ1) is 9.95. The SMILES string of the molecule is Cc1cc(C(=O)Nc2cccc(CCC(=O)O)c2)n(C)n1. The smallest absolute Gasteiger partial charge is 0.303 e. The van der Waals surface area contributed by atoms with Gasteiger partial charge in [0.15, 0.2) is 0 Å². The maximum Gasteiger partial charge on any atom is 0.303 e. The summed E-state index contributed by atoms with van der Waals surface area (Å²) in [5.74, 6) is -1.08. The molecular weight excluding hydrogens is 270 g/mol. The Kier molecular flexibility index (Phi) is 4.37. The van der Waals surface area contributed by atoms with Gasteiger partial charge >= 0.3 is 5.97 Å². The predicted octanol–water partition coefficient (Wildman–Crippen LogP) is 2.00. The lowest BCUT2D eigenvalue weighted by atomic mass is 10.1. The number of aryl methyl sites for hydroxylation is 3. The van der Waals surface area contributed by atoms with Gasteiger partial charge in [0.2, 0.25) is 0 Å². The average Bonchev–Trinajstić information content (AvgIpc) is 2.76. The second-order valence-electron chi connectivity index (χ2n) is 4.84. The first-order valence-electron chi connectivity index (χ1n) is 6.58. The number of carbonyl (C=O) groups is 2. The third-order valence-electron chi connectivity index (χ3n) is 3.05. The summed E-state index contributed by atoms with van der Waals surface area (Å²) in [6.07, 6.45) is 0.502. The van der Waals surface area contributed by atoms with Crippen molar-refractivity contribution in [1.82, 2.24) is 9.78 Å². The molecule has 0 fully saturated rings. The number of carbonyl (C=O) groups excluding carboxylic acids is 1. The number of nitrogens with zero attached hydrogens (tertiary/aromatic N) is 2. The van der Waals surface area contributed by atoms with Gasteiger partial charge in [-0.05, 0) is 37.1 Å². The Hall–Kier alpha value is -2.63. The molecule has 6 heteroatoms. The summed E-state index contributed by atoms with van der Waals surface area (Å²) >= 11 is 0. The fourth-order valence-corrected chi connectivity index (χ4v) is 2.07. The van der Waals surface area contributed by atoms with Gasteiger partial charge < -0.3 is 10.4 Å². The summed E-state index contributed by atoms with van der Waals surface area (Å²) in [4.78, 5) is 22.7. The number of rotatable bonds is 5. The fraction of sp³-hybridized carbons (Fsp3) is 0.267. The van der Waals surface area contributed by atoms with Crippen molar-refractivity contribution in [3.8, 4) is 0 Å². The molecule has 110 valence electrons. The van der Waals surface area contributed by atoms with Crippen molar-refractivity contribution in [2.45, 2.75) is 19.8 Å². The minimum Gasteiger partial charge on any atom is -0.481 e.